The second-order valence-corrected chi connectivity index (χ2v) is 5.71. The average Bonchev–Trinajstić information content (AvgIpc) is 2.60. The van der Waals surface area contributed by atoms with Crippen molar-refractivity contribution in [3.05, 3.63) is 58.1 Å². The Hall–Kier alpha value is -2.54. The fourth-order valence-electron chi connectivity index (χ4n) is 2.18. The minimum absolute atomic E-state index is 0.286. The molecule has 0 bridgehead atoms. The van der Waals surface area contributed by atoms with Crippen molar-refractivity contribution in [1.82, 2.24) is 5.32 Å². The SMILES string of the molecule is COc1cc(C(=O)NC(C(N)=O)c2ccccc2)cc(OC)c1Br. The van der Waals surface area contributed by atoms with E-state index in [-0.39, 0.29) is 5.56 Å². The molecule has 6 nitrogen and oxygen atoms in total. The Morgan fingerprint density at radius 2 is 1.62 bits per heavy atom. The molecule has 0 radical (unpaired) electrons. The second-order valence-electron chi connectivity index (χ2n) is 4.91. The fourth-order valence-corrected chi connectivity index (χ4v) is 2.73. The fraction of sp³-hybridized carbons (Fsp3) is 0.176. The predicted octanol–water partition coefficient (Wildman–Crippen LogP) is 2.42. The highest BCUT2D eigenvalue weighted by molar-refractivity contribution is 9.10. The van der Waals surface area contributed by atoms with Crippen LogP contribution in [0.1, 0.15) is 22.0 Å². The molecule has 126 valence electrons. The molecule has 0 aromatic heterocycles. The molecular weight excluding hydrogens is 376 g/mol. The third kappa shape index (κ3) is 3.86. The molecule has 3 N–H and O–H groups in total. The highest BCUT2D eigenvalue weighted by atomic mass is 79.9. The Morgan fingerprint density at radius 3 is 2.08 bits per heavy atom. The normalized spacial score (nSPS) is 11.5. The molecule has 2 rings (SSSR count). The van der Waals surface area contributed by atoms with Crippen LogP contribution in [0.25, 0.3) is 0 Å². The molecular formula is C17H17BrN2O4. The minimum Gasteiger partial charge on any atom is -0.495 e. The number of amides is 2. The van der Waals surface area contributed by atoms with Gasteiger partial charge in [-0.05, 0) is 33.6 Å². The first-order valence-electron chi connectivity index (χ1n) is 7.04. The van der Waals surface area contributed by atoms with Gasteiger partial charge in [-0.1, -0.05) is 30.3 Å². The van der Waals surface area contributed by atoms with Gasteiger partial charge in [0.1, 0.15) is 22.0 Å². The predicted molar refractivity (Wildman–Crippen MR) is 93.1 cm³/mol. The lowest BCUT2D eigenvalue weighted by Gasteiger charge is -2.17. The number of halogens is 1. The third-order valence-electron chi connectivity index (χ3n) is 3.40. The highest BCUT2D eigenvalue weighted by Gasteiger charge is 2.22. The Balaban J connectivity index is 2.32. The monoisotopic (exact) mass is 392 g/mol. The summed E-state index contributed by atoms with van der Waals surface area (Å²) in [5.74, 6) is -0.234. The van der Waals surface area contributed by atoms with Crippen molar-refractivity contribution in [2.24, 2.45) is 5.73 Å². The molecule has 0 spiro atoms. The number of carbonyl (C=O) groups is 2. The van der Waals surface area contributed by atoms with E-state index < -0.39 is 17.9 Å². The topological polar surface area (TPSA) is 90.6 Å². The van der Waals surface area contributed by atoms with Crippen molar-refractivity contribution >= 4 is 27.7 Å². The van der Waals surface area contributed by atoms with Gasteiger partial charge in [-0.15, -0.1) is 0 Å². The molecule has 2 aromatic carbocycles. The molecule has 1 atom stereocenters. The van der Waals surface area contributed by atoms with Crippen LogP contribution in [0.15, 0.2) is 46.9 Å². The standard InChI is InChI=1S/C17H17BrN2O4/c1-23-12-8-11(9-13(24-2)14(12)18)17(22)20-15(16(19)21)10-6-4-3-5-7-10/h3-9,15H,1-2H3,(H2,19,21)(H,20,22). The Bertz CT molecular complexity index is 725. The summed E-state index contributed by atoms with van der Waals surface area (Å²) < 4.78 is 11.0. The van der Waals surface area contributed by atoms with Crippen molar-refractivity contribution < 1.29 is 19.1 Å². The van der Waals surface area contributed by atoms with Crippen LogP contribution in [0.5, 0.6) is 11.5 Å². The summed E-state index contributed by atoms with van der Waals surface area (Å²) in [6, 6.07) is 11.0. The van der Waals surface area contributed by atoms with Gasteiger partial charge in [0.2, 0.25) is 5.91 Å². The van der Waals surface area contributed by atoms with Gasteiger partial charge in [0.05, 0.1) is 14.2 Å². The van der Waals surface area contributed by atoms with Gasteiger partial charge in [0.25, 0.3) is 5.91 Å². The molecule has 0 saturated carbocycles. The number of nitrogens with one attached hydrogen (secondary N) is 1. The Labute approximate surface area is 148 Å². The van der Waals surface area contributed by atoms with E-state index in [2.05, 4.69) is 21.2 Å². The van der Waals surface area contributed by atoms with Crippen LogP contribution in [-0.2, 0) is 4.79 Å². The molecule has 0 aliphatic rings. The second kappa shape index (κ2) is 7.83. The van der Waals surface area contributed by atoms with Gasteiger partial charge >= 0.3 is 0 Å². The van der Waals surface area contributed by atoms with Gasteiger partial charge in [-0.2, -0.15) is 0 Å². The molecule has 1 unspecified atom stereocenters. The van der Waals surface area contributed by atoms with Gasteiger partial charge in [-0.3, -0.25) is 9.59 Å². The summed E-state index contributed by atoms with van der Waals surface area (Å²) in [7, 11) is 2.97. The van der Waals surface area contributed by atoms with E-state index in [4.69, 9.17) is 15.2 Å². The lowest BCUT2D eigenvalue weighted by molar-refractivity contribution is -0.120. The first kappa shape index (κ1) is 17.8. The number of nitrogens with two attached hydrogens (primary N) is 1. The molecule has 0 saturated heterocycles. The van der Waals surface area contributed by atoms with Gasteiger partial charge in [-0.25, -0.2) is 0 Å². The number of hydrogen-bond acceptors (Lipinski definition) is 4. The number of ether oxygens (including phenoxy) is 2. The van der Waals surface area contributed by atoms with Crippen LogP contribution < -0.4 is 20.5 Å². The van der Waals surface area contributed by atoms with Crippen molar-refractivity contribution in [2.45, 2.75) is 6.04 Å². The zero-order chi connectivity index (χ0) is 17.7. The maximum absolute atomic E-state index is 12.5. The van der Waals surface area contributed by atoms with Crippen LogP contribution in [-0.4, -0.2) is 26.0 Å². The Kier molecular flexibility index (Phi) is 5.81. The quantitative estimate of drug-likeness (QED) is 0.789. The smallest absolute Gasteiger partial charge is 0.252 e. The summed E-state index contributed by atoms with van der Waals surface area (Å²) in [5.41, 5.74) is 6.31. The lowest BCUT2D eigenvalue weighted by Crippen LogP contribution is -2.37. The zero-order valence-corrected chi connectivity index (χ0v) is 14.8. The molecule has 7 heteroatoms. The van der Waals surface area contributed by atoms with Crippen LogP contribution in [0, 0.1) is 0 Å². The molecule has 0 aliphatic heterocycles. The summed E-state index contributed by atoms with van der Waals surface area (Å²) >= 11 is 3.34. The zero-order valence-electron chi connectivity index (χ0n) is 13.2. The average molecular weight is 393 g/mol. The van der Waals surface area contributed by atoms with Crippen molar-refractivity contribution in [1.29, 1.82) is 0 Å². The number of carbonyl (C=O) groups excluding carboxylic acids is 2. The maximum Gasteiger partial charge on any atom is 0.252 e. The van der Waals surface area contributed by atoms with E-state index >= 15 is 0 Å². The number of rotatable bonds is 6. The van der Waals surface area contributed by atoms with E-state index in [0.717, 1.165) is 0 Å². The van der Waals surface area contributed by atoms with Crippen molar-refractivity contribution in [3.63, 3.8) is 0 Å². The van der Waals surface area contributed by atoms with E-state index in [1.807, 2.05) is 6.07 Å². The molecule has 0 fully saturated rings. The largest absolute Gasteiger partial charge is 0.495 e. The first-order chi connectivity index (χ1) is 11.5. The molecule has 0 heterocycles. The van der Waals surface area contributed by atoms with Gasteiger partial charge < -0.3 is 20.5 Å². The first-order valence-corrected chi connectivity index (χ1v) is 7.84. The summed E-state index contributed by atoms with van der Waals surface area (Å²) in [5, 5.41) is 2.63. The molecule has 2 amide bonds. The van der Waals surface area contributed by atoms with Gasteiger partial charge in [0.15, 0.2) is 0 Å². The molecule has 24 heavy (non-hydrogen) atoms. The maximum atomic E-state index is 12.5. The molecule has 2 aromatic rings. The minimum atomic E-state index is -0.931. The number of benzene rings is 2. The van der Waals surface area contributed by atoms with Crippen LogP contribution in [0.3, 0.4) is 0 Å². The highest BCUT2D eigenvalue weighted by Crippen LogP contribution is 2.35. The number of hydrogen-bond donors (Lipinski definition) is 2. The van der Waals surface area contributed by atoms with E-state index in [1.165, 1.54) is 14.2 Å². The summed E-state index contributed by atoms with van der Waals surface area (Å²) in [4.78, 5) is 24.3. The number of methoxy groups -OCH3 is 2. The van der Waals surface area contributed by atoms with Crippen LogP contribution in [0.2, 0.25) is 0 Å². The van der Waals surface area contributed by atoms with Crippen molar-refractivity contribution in [2.75, 3.05) is 14.2 Å². The van der Waals surface area contributed by atoms with E-state index in [9.17, 15) is 9.59 Å². The molecule has 0 aliphatic carbocycles. The number of primary amides is 1. The Morgan fingerprint density at radius 1 is 1.08 bits per heavy atom. The van der Waals surface area contributed by atoms with E-state index in [0.29, 0.717) is 21.5 Å². The van der Waals surface area contributed by atoms with Crippen LogP contribution in [0.4, 0.5) is 0 Å². The van der Waals surface area contributed by atoms with Gasteiger partial charge in [0, 0.05) is 5.56 Å². The lowest BCUT2D eigenvalue weighted by atomic mass is 10.1. The summed E-state index contributed by atoms with van der Waals surface area (Å²) in [6.07, 6.45) is 0. The van der Waals surface area contributed by atoms with Crippen LogP contribution >= 0.6 is 15.9 Å². The van der Waals surface area contributed by atoms with E-state index in [1.54, 1.807) is 36.4 Å². The van der Waals surface area contributed by atoms with Crippen molar-refractivity contribution in [3.8, 4) is 11.5 Å². The third-order valence-corrected chi connectivity index (χ3v) is 4.18. The summed E-state index contributed by atoms with van der Waals surface area (Å²) in [6.45, 7) is 0.